The van der Waals surface area contributed by atoms with Crippen molar-refractivity contribution in [1.82, 2.24) is 9.88 Å². The summed E-state index contributed by atoms with van der Waals surface area (Å²) in [5, 5.41) is 3.36. The maximum atomic E-state index is 12.3. The van der Waals surface area contributed by atoms with Crippen molar-refractivity contribution in [2.75, 3.05) is 26.0 Å². The number of rotatable bonds is 4. The molecule has 0 unspecified atom stereocenters. The molecule has 0 bridgehead atoms. The highest BCUT2D eigenvalue weighted by Crippen LogP contribution is 2.26. The van der Waals surface area contributed by atoms with Gasteiger partial charge in [0.15, 0.2) is 0 Å². The van der Waals surface area contributed by atoms with Crippen molar-refractivity contribution in [1.29, 1.82) is 0 Å². The van der Waals surface area contributed by atoms with Crippen LogP contribution in [0.3, 0.4) is 0 Å². The first-order chi connectivity index (χ1) is 9.11. The van der Waals surface area contributed by atoms with E-state index in [1.807, 2.05) is 7.05 Å². The number of carbonyl (C=O) groups is 1. The van der Waals surface area contributed by atoms with Gasteiger partial charge in [-0.25, -0.2) is 4.98 Å². The summed E-state index contributed by atoms with van der Waals surface area (Å²) >= 11 is 6.05. The van der Waals surface area contributed by atoms with E-state index in [0.717, 1.165) is 6.54 Å². The molecular formula is C14H20ClN3O. The van der Waals surface area contributed by atoms with E-state index in [1.54, 1.807) is 24.2 Å². The summed E-state index contributed by atoms with van der Waals surface area (Å²) in [5.41, 5.74) is 0.546. The fraction of sp³-hybridized carbons (Fsp3) is 0.571. The second-order valence-corrected chi connectivity index (χ2v) is 5.55. The molecule has 0 aliphatic heterocycles. The van der Waals surface area contributed by atoms with E-state index in [4.69, 9.17) is 11.6 Å². The molecule has 104 valence electrons. The van der Waals surface area contributed by atoms with Gasteiger partial charge in [0.1, 0.15) is 5.82 Å². The van der Waals surface area contributed by atoms with E-state index in [0.29, 0.717) is 22.3 Å². The number of hydrogen-bond acceptors (Lipinski definition) is 3. The number of nitrogens with one attached hydrogen (secondary N) is 1. The molecule has 0 radical (unpaired) electrons. The third kappa shape index (κ3) is 3.38. The fourth-order valence-electron chi connectivity index (χ4n) is 2.62. The number of carbonyl (C=O) groups excluding carboxylic acids is 1. The standard InChI is InChI=1S/C14H20ClN3O/c1-16-13-12(15)7-11(8-17-13)14(19)18(2)9-10-5-3-4-6-10/h7-8,10H,3-6,9H2,1-2H3,(H,16,17). The molecule has 1 fully saturated rings. The Bertz CT molecular complexity index is 458. The molecule has 19 heavy (non-hydrogen) atoms. The Morgan fingerprint density at radius 2 is 2.21 bits per heavy atom. The summed E-state index contributed by atoms with van der Waals surface area (Å²) in [5.74, 6) is 1.23. The van der Waals surface area contributed by atoms with Gasteiger partial charge in [0, 0.05) is 26.8 Å². The molecule has 5 heteroatoms. The van der Waals surface area contributed by atoms with Crippen molar-refractivity contribution in [2.24, 2.45) is 5.92 Å². The summed E-state index contributed by atoms with van der Waals surface area (Å²) in [6.07, 6.45) is 6.61. The maximum Gasteiger partial charge on any atom is 0.255 e. The topological polar surface area (TPSA) is 45.2 Å². The van der Waals surface area contributed by atoms with E-state index in [1.165, 1.54) is 25.7 Å². The van der Waals surface area contributed by atoms with Crippen LogP contribution in [0, 0.1) is 5.92 Å². The van der Waals surface area contributed by atoms with Gasteiger partial charge in [-0.2, -0.15) is 0 Å². The quantitative estimate of drug-likeness (QED) is 0.923. The van der Waals surface area contributed by atoms with E-state index in [9.17, 15) is 4.79 Å². The monoisotopic (exact) mass is 281 g/mol. The normalized spacial score (nSPS) is 15.5. The van der Waals surface area contributed by atoms with Gasteiger partial charge in [-0.3, -0.25) is 4.79 Å². The number of anilines is 1. The Morgan fingerprint density at radius 1 is 1.53 bits per heavy atom. The molecule has 1 aromatic rings. The van der Waals surface area contributed by atoms with Gasteiger partial charge in [-0.15, -0.1) is 0 Å². The highest BCUT2D eigenvalue weighted by atomic mass is 35.5. The molecule has 1 amide bonds. The van der Waals surface area contributed by atoms with Gasteiger partial charge in [0.05, 0.1) is 10.6 Å². The minimum Gasteiger partial charge on any atom is -0.372 e. The summed E-state index contributed by atoms with van der Waals surface area (Å²) in [6.45, 7) is 0.824. The van der Waals surface area contributed by atoms with Crippen LogP contribution in [0.4, 0.5) is 5.82 Å². The molecule has 0 saturated heterocycles. The Morgan fingerprint density at radius 3 is 2.79 bits per heavy atom. The average molecular weight is 282 g/mol. The first kappa shape index (κ1) is 14.1. The van der Waals surface area contributed by atoms with Gasteiger partial charge in [-0.05, 0) is 24.8 Å². The summed E-state index contributed by atoms with van der Waals surface area (Å²) in [7, 11) is 3.60. The molecule has 1 heterocycles. The van der Waals surface area contributed by atoms with Crippen LogP contribution in [-0.2, 0) is 0 Å². The zero-order valence-corrected chi connectivity index (χ0v) is 12.2. The number of hydrogen-bond donors (Lipinski definition) is 1. The van der Waals surface area contributed by atoms with Crippen LogP contribution in [0.1, 0.15) is 36.0 Å². The third-order valence-corrected chi connectivity index (χ3v) is 3.97. The molecule has 4 nitrogen and oxygen atoms in total. The number of halogens is 1. The Kier molecular flexibility index (Phi) is 4.64. The molecule has 1 N–H and O–H groups in total. The molecule has 2 rings (SSSR count). The zero-order chi connectivity index (χ0) is 13.8. The predicted molar refractivity (Wildman–Crippen MR) is 77.7 cm³/mol. The number of pyridine rings is 1. The van der Waals surface area contributed by atoms with Crippen molar-refractivity contribution in [3.63, 3.8) is 0 Å². The average Bonchev–Trinajstić information content (AvgIpc) is 2.90. The Balaban J connectivity index is 2.03. The Labute approximate surface area is 119 Å². The van der Waals surface area contributed by atoms with Gasteiger partial charge in [0.2, 0.25) is 0 Å². The highest BCUT2D eigenvalue weighted by molar-refractivity contribution is 6.33. The minimum absolute atomic E-state index is 0.0102. The van der Waals surface area contributed by atoms with Crippen LogP contribution in [0.2, 0.25) is 5.02 Å². The van der Waals surface area contributed by atoms with Crippen LogP contribution in [-0.4, -0.2) is 36.4 Å². The number of amides is 1. The molecule has 1 saturated carbocycles. The predicted octanol–water partition coefficient (Wildman–Crippen LogP) is 3.04. The van der Waals surface area contributed by atoms with Crippen molar-refractivity contribution < 1.29 is 4.79 Å². The lowest BCUT2D eigenvalue weighted by Crippen LogP contribution is -2.31. The first-order valence-corrected chi connectivity index (χ1v) is 7.08. The molecule has 1 aliphatic rings. The number of nitrogens with zero attached hydrogens (tertiary/aromatic N) is 2. The van der Waals surface area contributed by atoms with Crippen LogP contribution in [0.25, 0.3) is 0 Å². The van der Waals surface area contributed by atoms with Crippen LogP contribution < -0.4 is 5.32 Å². The molecule has 0 aromatic carbocycles. The zero-order valence-electron chi connectivity index (χ0n) is 11.4. The lowest BCUT2D eigenvalue weighted by Gasteiger charge is -2.21. The Hall–Kier alpha value is -1.29. The smallest absolute Gasteiger partial charge is 0.255 e. The molecular weight excluding hydrogens is 262 g/mol. The van der Waals surface area contributed by atoms with E-state index in [-0.39, 0.29) is 5.91 Å². The largest absolute Gasteiger partial charge is 0.372 e. The van der Waals surface area contributed by atoms with Crippen LogP contribution >= 0.6 is 11.6 Å². The fourth-order valence-corrected chi connectivity index (χ4v) is 2.88. The molecule has 1 aromatic heterocycles. The SMILES string of the molecule is CNc1ncc(C(=O)N(C)CC2CCCC2)cc1Cl. The lowest BCUT2D eigenvalue weighted by molar-refractivity contribution is 0.0773. The van der Waals surface area contributed by atoms with Crippen molar-refractivity contribution >= 4 is 23.3 Å². The third-order valence-electron chi connectivity index (χ3n) is 3.68. The summed E-state index contributed by atoms with van der Waals surface area (Å²) in [6, 6.07) is 1.67. The van der Waals surface area contributed by atoms with E-state index < -0.39 is 0 Å². The first-order valence-electron chi connectivity index (χ1n) is 6.70. The highest BCUT2D eigenvalue weighted by Gasteiger charge is 2.20. The maximum absolute atomic E-state index is 12.3. The second-order valence-electron chi connectivity index (χ2n) is 5.14. The lowest BCUT2D eigenvalue weighted by atomic mass is 10.1. The molecule has 0 spiro atoms. The van der Waals surface area contributed by atoms with Crippen molar-refractivity contribution in [3.8, 4) is 0 Å². The molecule has 1 aliphatic carbocycles. The number of aromatic nitrogens is 1. The van der Waals surface area contributed by atoms with E-state index >= 15 is 0 Å². The van der Waals surface area contributed by atoms with E-state index in [2.05, 4.69) is 10.3 Å². The van der Waals surface area contributed by atoms with Crippen molar-refractivity contribution in [3.05, 3.63) is 22.8 Å². The molecule has 0 atom stereocenters. The second kappa shape index (κ2) is 6.24. The summed E-state index contributed by atoms with van der Waals surface area (Å²) < 4.78 is 0. The van der Waals surface area contributed by atoms with Gasteiger partial charge >= 0.3 is 0 Å². The van der Waals surface area contributed by atoms with Crippen molar-refractivity contribution in [2.45, 2.75) is 25.7 Å². The van der Waals surface area contributed by atoms with Gasteiger partial charge < -0.3 is 10.2 Å². The van der Waals surface area contributed by atoms with Crippen LogP contribution in [0.5, 0.6) is 0 Å². The van der Waals surface area contributed by atoms with Gasteiger partial charge in [-0.1, -0.05) is 24.4 Å². The van der Waals surface area contributed by atoms with Crippen LogP contribution in [0.15, 0.2) is 12.3 Å². The van der Waals surface area contributed by atoms with Gasteiger partial charge in [0.25, 0.3) is 5.91 Å². The summed E-state index contributed by atoms with van der Waals surface area (Å²) in [4.78, 5) is 18.2. The minimum atomic E-state index is -0.0102.